The van der Waals surface area contributed by atoms with E-state index < -0.39 is 33.4 Å². The van der Waals surface area contributed by atoms with Crippen LogP contribution >= 0.6 is 0 Å². The summed E-state index contributed by atoms with van der Waals surface area (Å²) in [7, 11) is -2.90. The lowest BCUT2D eigenvalue weighted by molar-refractivity contribution is -0.385. The normalized spacial score (nSPS) is 11.9. The van der Waals surface area contributed by atoms with E-state index in [1.165, 1.54) is 38.3 Å². The molecule has 0 saturated heterocycles. The summed E-state index contributed by atoms with van der Waals surface area (Å²) in [5.41, 5.74) is 2.91. The summed E-state index contributed by atoms with van der Waals surface area (Å²) >= 11 is 0. The molecule has 1 atom stereocenters. The van der Waals surface area contributed by atoms with Crippen LogP contribution in [0, 0.1) is 24.0 Å². The quantitative estimate of drug-likeness (QED) is 0.207. The molecule has 4 rings (SSSR count). The molecule has 0 bridgehead atoms. The molecule has 9 nitrogen and oxygen atoms in total. The van der Waals surface area contributed by atoms with Crippen LogP contribution in [0.5, 0.6) is 5.75 Å². The largest absolute Gasteiger partial charge is 0.497 e. The Balaban J connectivity index is 1.72. The van der Waals surface area contributed by atoms with Crippen LogP contribution in [-0.2, 0) is 14.8 Å². The first-order valence-corrected chi connectivity index (χ1v) is 13.9. The Kier molecular flexibility index (Phi) is 8.49. The number of anilines is 1. The van der Waals surface area contributed by atoms with Gasteiger partial charge in [-0.3, -0.25) is 19.2 Å². The van der Waals surface area contributed by atoms with Crippen molar-refractivity contribution in [1.82, 2.24) is 5.32 Å². The van der Waals surface area contributed by atoms with Crippen molar-refractivity contribution < 1.29 is 22.9 Å². The average Bonchev–Trinajstić information content (AvgIpc) is 2.95. The number of hydrogen-bond donors (Lipinski definition) is 1. The van der Waals surface area contributed by atoms with Crippen LogP contribution in [0.25, 0.3) is 0 Å². The lowest BCUT2D eigenvalue weighted by atomic mass is 9.98. The first-order chi connectivity index (χ1) is 19.1. The number of carbonyl (C=O) groups is 1. The molecule has 1 amide bonds. The fourth-order valence-electron chi connectivity index (χ4n) is 4.24. The predicted molar refractivity (Wildman–Crippen MR) is 153 cm³/mol. The van der Waals surface area contributed by atoms with Crippen molar-refractivity contribution in [1.29, 1.82) is 0 Å². The third kappa shape index (κ3) is 6.29. The molecule has 0 radical (unpaired) electrons. The number of nitrogens with one attached hydrogen (secondary N) is 1. The first-order valence-electron chi connectivity index (χ1n) is 12.4. The number of benzene rings is 4. The van der Waals surface area contributed by atoms with Gasteiger partial charge < -0.3 is 10.1 Å². The zero-order chi connectivity index (χ0) is 28.9. The summed E-state index contributed by atoms with van der Waals surface area (Å²) in [6.45, 7) is 2.93. The summed E-state index contributed by atoms with van der Waals surface area (Å²) in [5.74, 6) is -0.0598. The maximum atomic E-state index is 13.9. The fourth-order valence-corrected chi connectivity index (χ4v) is 5.68. The van der Waals surface area contributed by atoms with Crippen LogP contribution in [-0.4, -0.2) is 32.9 Å². The minimum absolute atomic E-state index is 0.200. The van der Waals surface area contributed by atoms with Crippen molar-refractivity contribution in [3.8, 4) is 5.75 Å². The second-order valence-corrected chi connectivity index (χ2v) is 11.1. The highest BCUT2D eigenvalue weighted by Gasteiger charge is 2.30. The molecule has 40 heavy (non-hydrogen) atoms. The van der Waals surface area contributed by atoms with Gasteiger partial charge in [-0.15, -0.1) is 0 Å². The maximum Gasteiger partial charge on any atom is 0.273 e. The topological polar surface area (TPSA) is 119 Å². The SMILES string of the molecule is COc1ccc(N(CC(=O)NC(c2ccccc2)c2ccc(C)cc2)S(=O)(=O)c2ccc(C)c([N+](=O)[O-])c2)cc1. The molecule has 4 aromatic carbocycles. The van der Waals surface area contributed by atoms with Gasteiger partial charge in [-0.2, -0.15) is 0 Å². The Hall–Kier alpha value is -4.70. The van der Waals surface area contributed by atoms with Gasteiger partial charge in [0.25, 0.3) is 15.7 Å². The summed E-state index contributed by atoms with van der Waals surface area (Å²) in [6.07, 6.45) is 0. The Bertz CT molecular complexity index is 1610. The molecular formula is C30H29N3O6S. The van der Waals surface area contributed by atoms with E-state index in [0.717, 1.165) is 27.1 Å². The van der Waals surface area contributed by atoms with Gasteiger partial charge in [-0.1, -0.05) is 66.2 Å². The number of methoxy groups -OCH3 is 1. The monoisotopic (exact) mass is 559 g/mol. The van der Waals surface area contributed by atoms with E-state index in [1.54, 1.807) is 12.1 Å². The first kappa shape index (κ1) is 28.3. The van der Waals surface area contributed by atoms with Gasteiger partial charge in [-0.05, 0) is 55.3 Å². The van der Waals surface area contributed by atoms with Crippen LogP contribution in [0.1, 0.15) is 28.3 Å². The van der Waals surface area contributed by atoms with E-state index in [0.29, 0.717) is 11.3 Å². The molecule has 0 aromatic heterocycles. The van der Waals surface area contributed by atoms with Crippen LogP contribution < -0.4 is 14.4 Å². The van der Waals surface area contributed by atoms with E-state index in [4.69, 9.17) is 4.74 Å². The third-order valence-electron chi connectivity index (χ3n) is 6.46. The molecule has 0 aliphatic rings. The van der Waals surface area contributed by atoms with Crippen molar-refractivity contribution in [3.63, 3.8) is 0 Å². The van der Waals surface area contributed by atoms with Gasteiger partial charge in [0.2, 0.25) is 5.91 Å². The van der Waals surface area contributed by atoms with Gasteiger partial charge >= 0.3 is 0 Å². The number of sulfonamides is 1. The predicted octanol–water partition coefficient (Wildman–Crippen LogP) is 5.32. The van der Waals surface area contributed by atoms with Crippen molar-refractivity contribution in [2.24, 2.45) is 0 Å². The lowest BCUT2D eigenvalue weighted by Crippen LogP contribution is -2.42. The van der Waals surface area contributed by atoms with Crippen molar-refractivity contribution in [2.45, 2.75) is 24.8 Å². The Morgan fingerprint density at radius 1 is 0.925 bits per heavy atom. The van der Waals surface area contributed by atoms with Crippen LogP contribution in [0.3, 0.4) is 0 Å². The van der Waals surface area contributed by atoms with Gasteiger partial charge in [-0.25, -0.2) is 8.42 Å². The Labute approximate surface area is 233 Å². The second-order valence-electron chi connectivity index (χ2n) is 9.24. The molecule has 0 spiro atoms. The molecule has 206 valence electrons. The molecule has 0 aliphatic carbocycles. The Morgan fingerprint density at radius 3 is 2.15 bits per heavy atom. The maximum absolute atomic E-state index is 13.9. The smallest absolute Gasteiger partial charge is 0.273 e. The average molecular weight is 560 g/mol. The summed E-state index contributed by atoms with van der Waals surface area (Å²) < 4.78 is 33.9. The van der Waals surface area contributed by atoms with Crippen molar-refractivity contribution >= 4 is 27.3 Å². The number of nitrogens with zero attached hydrogens (tertiary/aromatic N) is 2. The zero-order valence-electron chi connectivity index (χ0n) is 22.3. The number of amides is 1. The second kappa shape index (κ2) is 12.0. The highest BCUT2D eigenvalue weighted by atomic mass is 32.2. The molecule has 0 fully saturated rings. The van der Waals surface area contributed by atoms with Crippen molar-refractivity contribution in [2.75, 3.05) is 18.0 Å². The summed E-state index contributed by atoms with van der Waals surface area (Å²) in [4.78, 5) is 24.1. The molecule has 0 aliphatic heterocycles. The lowest BCUT2D eigenvalue weighted by Gasteiger charge is -2.26. The van der Waals surface area contributed by atoms with Gasteiger partial charge in [0, 0.05) is 11.6 Å². The number of nitro groups is 1. The molecule has 1 N–H and O–H groups in total. The van der Waals surface area contributed by atoms with Gasteiger partial charge in [0.1, 0.15) is 12.3 Å². The van der Waals surface area contributed by atoms with Crippen LogP contribution in [0.15, 0.2) is 102 Å². The summed E-state index contributed by atoms with van der Waals surface area (Å²) in [5, 5.41) is 14.5. The fraction of sp³-hybridized carbons (Fsp3) is 0.167. The van der Waals surface area contributed by atoms with E-state index in [9.17, 15) is 23.3 Å². The van der Waals surface area contributed by atoms with Gasteiger partial charge in [0.05, 0.1) is 28.7 Å². The standard InChI is InChI=1S/C30H29N3O6S/c1-21-9-12-24(13-10-21)30(23-7-5-4-6-8-23)31-29(34)20-32(25-14-16-26(39-3)17-15-25)40(37,38)27-18-11-22(2)28(19-27)33(35)36/h4-19,30H,20H2,1-3H3,(H,31,34). The minimum atomic E-state index is -4.38. The highest BCUT2D eigenvalue weighted by Crippen LogP contribution is 2.29. The summed E-state index contributed by atoms with van der Waals surface area (Å²) in [6, 6.07) is 26.4. The molecule has 4 aromatic rings. The number of hydrogen-bond acceptors (Lipinski definition) is 6. The van der Waals surface area contributed by atoms with E-state index in [-0.39, 0.29) is 16.3 Å². The Morgan fingerprint density at radius 2 is 1.55 bits per heavy atom. The van der Waals surface area contributed by atoms with E-state index >= 15 is 0 Å². The molecule has 0 saturated carbocycles. The number of carbonyl (C=O) groups excluding carboxylic acids is 1. The number of nitro benzene ring substituents is 1. The van der Waals surface area contributed by atoms with Gasteiger partial charge in [0.15, 0.2) is 0 Å². The molecule has 0 heterocycles. The third-order valence-corrected chi connectivity index (χ3v) is 8.23. The number of rotatable bonds is 10. The number of ether oxygens (including phenoxy) is 1. The number of aryl methyl sites for hydroxylation is 2. The minimum Gasteiger partial charge on any atom is -0.497 e. The van der Waals surface area contributed by atoms with Crippen molar-refractivity contribution in [3.05, 3.63) is 129 Å². The molecule has 1 unspecified atom stereocenters. The molecular weight excluding hydrogens is 530 g/mol. The zero-order valence-corrected chi connectivity index (χ0v) is 23.1. The van der Waals surface area contributed by atoms with E-state index in [1.807, 2.05) is 61.5 Å². The van der Waals surface area contributed by atoms with Crippen LogP contribution in [0.2, 0.25) is 0 Å². The highest BCUT2D eigenvalue weighted by molar-refractivity contribution is 7.92. The van der Waals surface area contributed by atoms with Crippen LogP contribution in [0.4, 0.5) is 11.4 Å². The molecule has 10 heteroatoms. The van der Waals surface area contributed by atoms with E-state index in [2.05, 4.69) is 5.32 Å².